The molecule has 29 heavy (non-hydrogen) atoms. The van der Waals surface area contributed by atoms with Crippen LogP contribution in [0, 0.1) is 0 Å². The van der Waals surface area contributed by atoms with Crippen LogP contribution in [0.25, 0.3) is 0 Å². The van der Waals surface area contributed by atoms with Crippen molar-refractivity contribution in [2.75, 3.05) is 56.1 Å². The van der Waals surface area contributed by atoms with Crippen molar-refractivity contribution in [3.05, 3.63) is 54.2 Å². The smallest absolute Gasteiger partial charge is 0.194 e. The molecule has 1 aromatic carbocycles. The second-order valence-corrected chi connectivity index (χ2v) is 7.78. The first-order chi connectivity index (χ1) is 14.3. The van der Waals surface area contributed by atoms with Crippen LogP contribution in [0.4, 0.5) is 11.5 Å². The molecule has 0 atom stereocenters. The van der Waals surface area contributed by atoms with Crippen LogP contribution in [0.5, 0.6) is 0 Å². The third kappa shape index (κ3) is 5.00. The molecule has 0 radical (unpaired) electrons. The van der Waals surface area contributed by atoms with E-state index in [1.165, 1.54) is 30.5 Å². The summed E-state index contributed by atoms with van der Waals surface area (Å²) in [7, 11) is 1.87. The van der Waals surface area contributed by atoms with Crippen LogP contribution in [0.2, 0.25) is 0 Å². The Balaban J connectivity index is 1.31. The van der Waals surface area contributed by atoms with E-state index < -0.39 is 0 Å². The number of aliphatic imine (C=N–C) groups is 1. The quantitative estimate of drug-likeness (QED) is 0.640. The molecule has 0 bridgehead atoms. The number of aromatic nitrogens is 1. The lowest BCUT2D eigenvalue weighted by Gasteiger charge is -2.37. The zero-order chi connectivity index (χ0) is 19.9. The van der Waals surface area contributed by atoms with Gasteiger partial charge < -0.3 is 20.0 Å². The van der Waals surface area contributed by atoms with Gasteiger partial charge in [-0.1, -0.05) is 18.2 Å². The van der Waals surface area contributed by atoms with E-state index in [-0.39, 0.29) is 0 Å². The fraction of sp³-hybridized carbons (Fsp3) is 0.478. The Morgan fingerprint density at radius 3 is 2.41 bits per heavy atom. The second-order valence-electron chi connectivity index (χ2n) is 7.78. The maximum Gasteiger partial charge on any atom is 0.194 e. The predicted octanol–water partition coefficient (Wildman–Crippen LogP) is 2.97. The van der Waals surface area contributed by atoms with Gasteiger partial charge in [0.05, 0.1) is 0 Å². The number of pyridine rings is 1. The average Bonchev–Trinajstić information content (AvgIpc) is 2.81. The zero-order valence-electron chi connectivity index (χ0n) is 17.4. The molecule has 1 N–H and O–H groups in total. The summed E-state index contributed by atoms with van der Waals surface area (Å²) in [5, 5.41) is 3.55. The third-order valence-electron chi connectivity index (χ3n) is 5.85. The Morgan fingerprint density at radius 1 is 0.931 bits per heavy atom. The molecule has 154 valence electrons. The van der Waals surface area contributed by atoms with Crippen LogP contribution >= 0.6 is 0 Å². The minimum Gasteiger partial charge on any atom is -0.368 e. The van der Waals surface area contributed by atoms with Crippen LogP contribution < -0.4 is 15.1 Å². The Bertz CT molecular complexity index is 792. The molecule has 3 heterocycles. The maximum absolute atomic E-state index is 4.59. The van der Waals surface area contributed by atoms with Crippen molar-refractivity contribution in [2.45, 2.75) is 25.8 Å². The number of guanidine groups is 1. The fourth-order valence-corrected chi connectivity index (χ4v) is 4.20. The van der Waals surface area contributed by atoms with E-state index in [9.17, 15) is 0 Å². The van der Waals surface area contributed by atoms with Crippen molar-refractivity contribution >= 4 is 17.5 Å². The number of hydrogen-bond acceptors (Lipinski definition) is 4. The molecule has 2 aromatic rings. The molecule has 0 saturated carbocycles. The molecule has 1 aromatic heterocycles. The Kier molecular flexibility index (Phi) is 6.49. The second kappa shape index (κ2) is 9.63. The molecule has 4 rings (SSSR count). The van der Waals surface area contributed by atoms with Gasteiger partial charge in [0.2, 0.25) is 0 Å². The average molecular weight is 393 g/mol. The van der Waals surface area contributed by atoms with E-state index in [2.05, 4.69) is 72.5 Å². The maximum atomic E-state index is 4.59. The SMILES string of the molecule is CN=C(NCc1ccnc(N2CCCCC2)c1)N1CCN(c2ccccc2)CC1. The molecule has 0 amide bonds. The Morgan fingerprint density at radius 2 is 1.69 bits per heavy atom. The van der Waals surface area contributed by atoms with Crippen LogP contribution in [0.1, 0.15) is 24.8 Å². The minimum absolute atomic E-state index is 0.773. The minimum atomic E-state index is 0.773. The Hall–Kier alpha value is -2.76. The molecule has 2 saturated heterocycles. The zero-order valence-corrected chi connectivity index (χ0v) is 17.4. The topological polar surface area (TPSA) is 47.0 Å². The first-order valence-electron chi connectivity index (χ1n) is 10.8. The van der Waals surface area contributed by atoms with Gasteiger partial charge in [-0.05, 0) is 49.1 Å². The molecular formula is C23H32N6. The summed E-state index contributed by atoms with van der Waals surface area (Å²) in [5.41, 5.74) is 2.56. The molecule has 6 heteroatoms. The van der Waals surface area contributed by atoms with Crippen molar-refractivity contribution < 1.29 is 0 Å². The molecule has 6 nitrogen and oxygen atoms in total. The van der Waals surface area contributed by atoms with Gasteiger partial charge in [-0.15, -0.1) is 0 Å². The van der Waals surface area contributed by atoms with Gasteiger partial charge in [-0.2, -0.15) is 0 Å². The number of rotatable bonds is 4. The number of piperidine rings is 1. The molecule has 2 fully saturated rings. The lowest BCUT2D eigenvalue weighted by atomic mass is 10.1. The van der Waals surface area contributed by atoms with Crippen molar-refractivity contribution in [2.24, 2.45) is 4.99 Å². The van der Waals surface area contributed by atoms with Gasteiger partial charge in [0, 0.05) is 64.7 Å². The van der Waals surface area contributed by atoms with Crippen molar-refractivity contribution in [1.82, 2.24) is 15.2 Å². The van der Waals surface area contributed by atoms with E-state index >= 15 is 0 Å². The molecule has 0 aliphatic carbocycles. The molecular weight excluding hydrogens is 360 g/mol. The van der Waals surface area contributed by atoms with Gasteiger partial charge >= 0.3 is 0 Å². The van der Waals surface area contributed by atoms with Gasteiger partial charge in [-0.3, -0.25) is 4.99 Å². The molecule has 0 unspecified atom stereocenters. The van der Waals surface area contributed by atoms with Crippen molar-refractivity contribution in [3.63, 3.8) is 0 Å². The first kappa shape index (κ1) is 19.6. The van der Waals surface area contributed by atoms with Crippen LogP contribution in [-0.2, 0) is 6.54 Å². The summed E-state index contributed by atoms with van der Waals surface area (Å²) in [5.74, 6) is 2.09. The van der Waals surface area contributed by atoms with E-state index in [0.29, 0.717) is 0 Å². The third-order valence-corrected chi connectivity index (χ3v) is 5.85. The number of piperazine rings is 1. The number of anilines is 2. The lowest BCUT2D eigenvalue weighted by molar-refractivity contribution is 0.372. The molecule has 0 spiro atoms. The van der Waals surface area contributed by atoms with Gasteiger partial charge in [0.1, 0.15) is 5.82 Å². The lowest BCUT2D eigenvalue weighted by Crippen LogP contribution is -2.52. The van der Waals surface area contributed by atoms with Gasteiger partial charge in [-0.25, -0.2) is 4.98 Å². The van der Waals surface area contributed by atoms with E-state index in [4.69, 9.17) is 0 Å². The van der Waals surface area contributed by atoms with Crippen LogP contribution in [0.3, 0.4) is 0 Å². The number of hydrogen-bond donors (Lipinski definition) is 1. The summed E-state index contributed by atoms with van der Waals surface area (Å²) in [6.07, 6.45) is 5.81. The molecule has 2 aliphatic heterocycles. The van der Waals surface area contributed by atoms with Crippen molar-refractivity contribution in [1.29, 1.82) is 0 Å². The highest BCUT2D eigenvalue weighted by atomic mass is 15.3. The monoisotopic (exact) mass is 392 g/mol. The Labute approximate surface area is 174 Å². The highest BCUT2D eigenvalue weighted by Gasteiger charge is 2.20. The predicted molar refractivity (Wildman–Crippen MR) is 121 cm³/mol. The van der Waals surface area contributed by atoms with Crippen LogP contribution in [0.15, 0.2) is 53.7 Å². The summed E-state index contributed by atoms with van der Waals surface area (Å²) in [4.78, 5) is 16.3. The first-order valence-corrected chi connectivity index (χ1v) is 10.8. The highest BCUT2D eigenvalue weighted by molar-refractivity contribution is 5.80. The summed E-state index contributed by atoms with van der Waals surface area (Å²) in [6, 6.07) is 15.0. The van der Waals surface area contributed by atoms with E-state index in [1.807, 2.05) is 13.2 Å². The standard InChI is InChI=1S/C23H32N6/c1-24-23(29-16-14-27(15-17-29)21-8-4-2-5-9-21)26-19-20-10-11-25-22(18-20)28-12-6-3-7-13-28/h2,4-5,8-11,18H,3,6-7,12-17,19H2,1H3,(H,24,26). The molecule has 2 aliphatic rings. The van der Waals surface area contributed by atoms with E-state index in [0.717, 1.165) is 57.6 Å². The highest BCUT2D eigenvalue weighted by Crippen LogP contribution is 2.19. The number of para-hydroxylation sites is 1. The summed E-state index contributed by atoms with van der Waals surface area (Å²) in [6.45, 7) is 7.00. The fourth-order valence-electron chi connectivity index (χ4n) is 4.20. The van der Waals surface area contributed by atoms with Crippen molar-refractivity contribution in [3.8, 4) is 0 Å². The summed E-state index contributed by atoms with van der Waals surface area (Å²) < 4.78 is 0. The van der Waals surface area contributed by atoms with Gasteiger partial charge in [0.15, 0.2) is 5.96 Å². The van der Waals surface area contributed by atoms with Crippen LogP contribution in [-0.4, -0.2) is 62.2 Å². The summed E-state index contributed by atoms with van der Waals surface area (Å²) >= 11 is 0. The normalized spacial score (nSPS) is 18.1. The number of nitrogens with zero attached hydrogens (tertiary/aromatic N) is 5. The largest absolute Gasteiger partial charge is 0.368 e. The van der Waals surface area contributed by atoms with E-state index in [1.54, 1.807) is 0 Å². The number of nitrogens with one attached hydrogen (secondary N) is 1. The van der Waals surface area contributed by atoms with Gasteiger partial charge in [0.25, 0.3) is 0 Å². The number of benzene rings is 1.